The number of rotatable bonds is 3. The third-order valence-electron chi connectivity index (χ3n) is 1.74. The van der Waals surface area contributed by atoms with Crippen LogP contribution in [0.5, 0.6) is 0 Å². The lowest BCUT2D eigenvalue weighted by Gasteiger charge is -2.02. The van der Waals surface area contributed by atoms with Gasteiger partial charge in [0.2, 0.25) is 0 Å². The van der Waals surface area contributed by atoms with Crippen molar-refractivity contribution in [2.45, 2.75) is 6.54 Å². The highest BCUT2D eigenvalue weighted by atomic mass is 35.5. The summed E-state index contributed by atoms with van der Waals surface area (Å²) in [4.78, 5) is 17.1. The number of H-pyrrole nitrogens is 2. The van der Waals surface area contributed by atoms with Gasteiger partial charge in [-0.2, -0.15) is 5.10 Å². The van der Waals surface area contributed by atoms with E-state index in [1.807, 2.05) is 0 Å². The Morgan fingerprint density at radius 2 is 2.40 bits per heavy atom. The molecule has 0 aromatic carbocycles. The fourth-order valence-electron chi connectivity index (χ4n) is 1.09. The molecule has 78 valence electrons. The SMILES string of the molecule is O=c1[nH]nc(CNc2ccnc(Cl)c2)[nH]1. The standard InChI is InChI=1S/C8H8ClN5O/c9-6-3-5(1-2-10-6)11-4-7-12-8(15)14-13-7/h1-3H,4H2,(H,10,11)(H2,12,13,14,15). The van der Waals surface area contributed by atoms with Crippen LogP contribution in [0.25, 0.3) is 0 Å². The van der Waals surface area contributed by atoms with E-state index in [1.54, 1.807) is 18.3 Å². The van der Waals surface area contributed by atoms with Gasteiger partial charge in [0.05, 0.1) is 6.54 Å². The molecule has 0 atom stereocenters. The molecule has 0 aliphatic heterocycles. The van der Waals surface area contributed by atoms with E-state index in [1.165, 1.54) is 0 Å². The molecular weight excluding hydrogens is 218 g/mol. The van der Waals surface area contributed by atoms with Gasteiger partial charge in [-0.25, -0.2) is 14.9 Å². The highest BCUT2D eigenvalue weighted by Crippen LogP contribution is 2.11. The number of nitrogens with one attached hydrogen (secondary N) is 3. The van der Waals surface area contributed by atoms with Gasteiger partial charge in [0.1, 0.15) is 11.0 Å². The average Bonchev–Trinajstić information content (AvgIpc) is 2.62. The molecule has 2 aromatic rings. The first-order chi connectivity index (χ1) is 7.24. The number of aromatic nitrogens is 4. The summed E-state index contributed by atoms with van der Waals surface area (Å²) < 4.78 is 0. The van der Waals surface area contributed by atoms with Crippen molar-refractivity contribution in [2.24, 2.45) is 0 Å². The van der Waals surface area contributed by atoms with Crippen LogP contribution in [0.3, 0.4) is 0 Å². The molecule has 0 bridgehead atoms. The number of nitrogens with zero attached hydrogens (tertiary/aromatic N) is 2. The van der Waals surface area contributed by atoms with Crippen LogP contribution in [0.4, 0.5) is 5.69 Å². The van der Waals surface area contributed by atoms with Crippen molar-refractivity contribution in [1.82, 2.24) is 20.2 Å². The summed E-state index contributed by atoms with van der Waals surface area (Å²) in [5.41, 5.74) is 0.499. The minimum absolute atomic E-state index is 0.320. The predicted molar refractivity (Wildman–Crippen MR) is 55.8 cm³/mol. The van der Waals surface area contributed by atoms with Gasteiger partial charge in [-0.15, -0.1) is 0 Å². The zero-order valence-corrected chi connectivity index (χ0v) is 8.38. The predicted octanol–water partition coefficient (Wildman–Crippen LogP) is 0.758. The summed E-state index contributed by atoms with van der Waals surface area (Å²) in [6.07, 6.45) is 1.60. The Bertz CT molecular complexity index is 505. The molecule has 2 rings (SSSR count). The largest absolute Gasteiger partial charge is 0.378 e. The maximum atomic E-state index is 10.7. The summed E-state index contributed by atoms with van der Waals surface area (Å²) in [5.74, 6) is 0.535. The molecule has 7 heteroatoms. The summed E-state index contributed by atoms with van der Waals surface area (Å²) in [6, 6.07) is 3.46. The summed E-state index contributed by atoms with van der Waals surface area (Å²) in [5, 5.41) is 9.48. The Hall–Kier alpha value is -1.82. The average molecular weight is 226 g/mol. The third-order valence-corrected chi connectivity index (χ3v) is 1.94. The molecule has 2 heterocycles. The van der Waals surface area contributed by atoms with Crippen LogP contribution in [0, 0.1) is 0 Å². The number of anilines is 1. The molecule has 0 unspecified atom stereocenters. The number of aromatic amines is 2. The lowest BCUT2D eigenvalue weighted by atomic mass is 10.4. The van der Waals surface area contributed by atoms with E-state index in [2.05, 4.69) is 25.5 Å². The van der Waals surface area contributed by atoms with Crippen LogP contribution in [0.15, 0.2) is 23.1 Å². The molecule has 0 amide bonds. The maximum absolute atomic E-state index is 10.7. The Kier molecular flexibility index (Phi) is 2.68. The van der Waals surface area contributed by atoms with Crippen molar-refractivity contribution in [1.29, 1.82) is 0 Å². The van der Waals surface area contributed by atoms with E-state index in [0.717, 1.165) is 5.69 Å². The van der Waals surface area contributed by atoms with Gasteiger partial charge in [-0.05, 0) is 12.1 Å². The first kappa shape index (κ1) is 9.72. The van der Waals surface area contributed by atoms with E-state index < -0.39 is 0 Å². The Morgan fingerprint density at radius 3 is 3.07 bits per heavy atom. The molecule has 0 saturated carbocycles. The monoisotopic (exact) mass is 225 g/mol. The second-order valence-electron chi connectivity index (χ2n) is 2.85. The van der Waals surface area contributed by atoms with Crippen LogP contribution in [0.1, 0.15) is 5.82 Å². The number of halogens is 1. The molecule has 2 aromatic heterocycles. The molecule has 0 aliphatic carbocycles. The van der Waals surface area contributed by atoms with Gasteiger partial charge >= 0.3 is 5.69 Å². The molecule has 0 radical (unpaired) electrons. The van der Waals surface area contributed by atoms with Gasteiger partial charge < -0.3 is 5.32 Å². The summed E-state index contributed by atoms with van der Waals surface area (Å²) >= 11 is 5.70. The Morgan fingerprint density at radius 1 is 1.53 bits per heavy atom. The summed E-state index contributed by atoms with van der Waals surface area (Å²) in [6.45, 7) is 0.416. The first-order valence-corrected chi connectivity index (χ1v) is 4.61. The Labute approximate surface area is 89.7 Å². The molecule has 0 aliphatic rings. The Balaban J connectivity index is 2.02. The van der Waals surface area contributed by atoms with E-state index in [4.69, 9.17) is 11.6 Å². The lowest BCUT2D eigenvalue weighted by molar-refractivity contribution is 0.953. The van der Waals surface area contributed by atoms with Crippen molar-refractivity contribution in [3.05, 3.63) is 39.8 Å². The van der Waals surface area contributed by atoms with Crippen LogP contribution in [0.2, 0.25) is 5.15 Å². The van der Waals surface area contributed by atoms with Gasteiger partial charge in [0.25, 0.3) is 0 Å². The van der Waals surface area contributed by atoms with Crippen LogP contribution in [-0.2, 0) is 6.54 Å². The highest BCUT2D eigenvalue weighted by Gasteiger charge is 1.98. The second-order valence-corrected chi connectivity index (χ2v) is 3.23. The van der Waals surface area contributed by atoms with Gasteiger partial charge in [0, 0.05) is 11.9 Å². The smallest absolute Gasteiger partial charge is 0.340 e. The van der Waals surface area contributed by atoms with Crippen molar-refractivity contribution in [3.63, 3.8) is 0 Å². The van der Waals surface area contributed by atoms with Crippen LogP contribution in [-0.4, -0.2) is 20.2 Å². The fraction of sp³-hybridized carbons (Fsp3) is 0.125. The lowest BCUT2D eigenvalue weighted by Crippen LogP contribution is -2.04. The summed E-state index contributed by atoms with van der Waals surface area (Å²) in [7, 11) is 0. The van der Waals surface area contributed by atoms with Crippen molar-refractivity contribution in [3.8, 4) is 0 Å². The van der Waals surface area contributed by atoms with E-state index in [-0.39, 0.29) is 5.69 Å². The van der Waals surface area contributed by atoms with Gasteiger partial charge in [-0.3, -0.25) is 4.98 Å². The minimum atomic E-state index is -0.320. The zero-order chi connectivity index (χ0) is 10.7. The van der Waals surface area contributed by atoms with E-state index >= 15 is 0 Å². The van der Waals surface area contributed by atoms with Crippen molar-refractivity contribution >= 4 is 17.3 Å². The maximum Gasteiger partial charge on any atom is 0.340 e. The zero-order valence-electron chi connectivity index (χ0n) is 7.62. The highest BCUT2D eigenvalue weighted by molar-refractivity contribution is 6.29. The molecular formula is C8H8ClN5O. The third kappa shape index (κ3) is 2.57. The normalized spacial score (nSPS) is 10.2. The molecule has 3 N–H and O–H groups in total. The van der Waals surface area contributed by atoms with Crippen molar-refractivity contribution in [2.75, 3.05) is 5.32 Å². The number of pyridine rings is 1. The molecule has 0 saturated heterocycles. The fourth-order valence-corrected chi connectivity index (χ4v) is 1.26. The topological polar surface area (TPSA) is 86.5 Å². The van der Waals surface area contributed by atoms with Crippen molar-refractivity contribution < 1.29 is 0 Å². The molecule has 6 nitrogen and oxygen atoms in total. The number of hydrogen-bond donors (Lipinski definition) is 3. The van der Waals surface area contributed by atoms with Gasteiger partial charge in [0.15, 0.2) is 0 Å². The van der Waals surface area contributed by atoms with E-state index in [0.29, 0.717) is 17.5 Å². The molecule has 0 fully saturated rings. The molecule has 0 spiro atoms. The van der Waals surface area contributed by atoms with Crippen LogP contribution < -0.4 is 11.0 Å². The van der Waals surface area contributed by atoms with Crippen LogP contribution >= 0.6 is 11.6 Å². The van der Waals surface area contributed by atoms with E-state index in [9.17, 15) is 4.79 Å². The molecule has 15 heavy (non-hydrogen) atoms. The second kappa shape index (κ2) is 4.14. The number of hydrogen-bond acceptors (Lipinski definition) is 4. The quantitative estimate of drug-likeness (QED) is 0.673. The first-order valence-electron chi connectivity index (χ1n) is 4.23. The van der Waals surface area contributed by atoms with Gasteiger partial charge in [-0.1, -0.05) is 11.6 Å². The minimum Gasteiger partial charge on any atom is -0.378 e.